The number of nitrogens with zero attached hydrogens (tertiary/aromatic N) is 5. The van der Waals surface area contributed by atoms with Gasteiger partial charge < -0.3 is 39.9 Å². The Labute approximate surface area is 350 Å². The molecule has 60 heavy (non-hydrogen) atoms. The number of ether oxygens (including phenoxy) is 2. The second kappa shape index (κ2) is 17.5. The van der Waals surface area contributed by atoms with E-state index in [2.05, 4.69) is 57.0 Å². The number of fused-ring (bicyclic) bond motifs is 1. The van der Waals surface area contributed by atoms with Crippen molar-refractivity contribution in [1.29, 1.82) is 0 Å². The summed E-state index contributed by atoms with van der Waals surface area (Å²) in [5.74, 6) is 0.855. The van der Waals surface area contributed by atoms with E-state index in [1.807, 2.05) is 75.7 Å². The Bertz CT molecular complexity index is 2350. The van der Waals surface area contributed by atoms with Crippen LogP contribution in [0.25, 0.3) is 44.7 Å². The zero-order valence-electron chi connectivity index (χ0n) is 35.5. The van der Waals surface area contributed by atoms with Gasteiger partial charge in [0.25, 0.3) is 0 Å². The summed E-state index contributed by atoms with van der Waals surface area (Å²) in [6.45, 7) is 11.7. The fraction of sp³-hybridized carbons (Fsp3) is 0.444. The quantitative estimate of drug-likeness (QED) is 0.104. The summed E-state index contributed by atoms with van der Waals surface area (Å²) in [6, 6.07) is 16.5. The number of aromatic amines is 2. The van der Waals surface area contributed by atoms with Gasteiger partial charge in [0.05, 0.1) is 61.3 Å². The third-order valence-corrected chi connectivity index (χ3v) is 11.9. The second-order valence-electron chi connectivity index (χ2n) is 16.6. The third kappa shape index (κ3) is 8.43. The van der Waals surface area contributed by atoms with Crippen LogP contribution >= 0.6 is 0 Å². The second-order valence-corrected chi connectivity index (χ2v) is 16.6. The molecule has 0 radical (unpaired) electrons. The van der Waals surface area contributed by atoms with Gasteiger partial charge in [0, 0.05) is 17.5 Å². The molecule has 6 atom stereocenters. The molecule has 3 aromatic heterocycles. The number of pyridine rings is 1. The van der Waals surface area contributed by atoms with Crippen molar-refractivity contribution in [3.8, 4) is 33.8 Å². The maximum Gasteiger partial charge on any atom is 0.407 e. The van der Waals surface area contributed by atoms with Gasteiger partial charge in [0.2, 0.25) is 11.8 Å². The average molecular weight is 818 g/mol. The summed E-state index contributed by atoms with van der Waals surface area (Å²) in [5, 5.41) is 6.42. The molecule has 15 nitrogen and oxygen atoms in total. The largest absolute Gasteiger partial charge is 0.453 e. The first-order valence-corrected chi connectivity index (χ1v) is 20.7. The van der Waals surface area contributed by atoms with E-state index in [9.17, 15) is 19.2 Å². The SMILES string of the molecule is COC(=O)N[C@H](C(=O)N1C(c2ncc(-c3ccc(-c4ccc5nc(-c6cnc([C@@H]7CC[C@H](C)N7C(=O)[C@@H](NC(=O)OC)C(C)C)[nH]6)ccc5c4)cc3)[nH]2)CC[C@@H]1C)C(C)C. The third-order valence-electron chi connectivity index (χ3n) is 11.9. The van der Waals surface area contributed by atoms with Crippen molar-refractivity contribution in [1.82, 2.24) is 45.4 Å². The van der Waals surface area contributed by atoms with Crippen LogP contribution in [0, 0.1) is 11.8 Å². The van der Waals surface area contributed by atoms with Gasteiger partial charge in [-0.05, 0) is 86.3 Å². The van der Waals surface area contributed by atoms with E-state index in [1.165, 1.54) is 14.2 Å². The van der Waals surface area contributed by atoms with Crippen molar-refractivity contribution in [2.24, 2.45) is 11.8 Å². The molecular weight excluding hydrogens is 763 g/mol. The Morgan fingerprint density at radius 1 is 0.650 bits per heavy atom. The predicted molar refractivity (Wildman–Crippen MR) is 227 cm³/mol. The zero-order chi connectivity index (χ0) is 42.8. The van der Waals surface area contributed by atoms with E-state index in [0.717, 1.165) is 76.2 Å². The number of hydrogen-bond acceptors (Lipinski definition) is 9. The lowest BCUT2D eigenvalue weighted by molar-refractivity contribution is -0.138. The van der Waals surface area contributed by atoms with Crippen molar-refractivity contribution >= 4 is 34.9 Å². The first kappa shape index (κ1) is 41.9. The fourth-order valence-electron chi connectivity index (χ4n) is 8.55. The molecule has 1 unspecified atom stereocenters. The number of alkyl carbamates (subject to hydrolysis) is 2. The van der Waals surface area contributed by atoms with Crippen LogP contribution in [-0.2, 0) is 19.1 Å². The summed E-state index contributed by atoms with van der Waals surface area (Å²) in [6.07, 6.45) is 5.47. The van der Waals surface area contributed by atoms with Crippen molar-refractivity contribution in [3.63, 3.8) is 0 Å². The molecule has 2 aliphatic rings. The Kier molecular flexibility index (Phi) is 12.2. The molecule has 15 heteroatoms. The van der Waals surface area contributed by atoms with Gasteiger partial charge in [-0.15, -0.1) is 0 Å². The predicted octanol–water partition coefficient (Wildman–Crippen LogP) is 7.55. The Balaban J connectivity index is 1.04. The number of methoxy groups -OCH3 is 2. The lowest BCUT2D eigenvalue weighted by atomic mass is 10.0. The van der Waals surface area contributed by atoms with Crippen molar-refractivity contribution in [3.05, 3.63) is 78.6 Å². The molecule has 2 saturated heterocycles. The Morgan fingerprint density at radius 2 is 1.13 bits per heavy atom. The van der Waals surface area contributed by atoms with Gasteiger partial charge >= 0.3 is 12.2 Å². The normalized spacial score (nSPS) is 20.1. The smallest absolute Gasteiger partial charge is 0.407 e. The number of hydrogen-bond donors (Lipinski definition) is 4. The van der Waals surface area contributed by atoms with E-state index < -0.39 is 24.3 Å². The zero-order valence-corrected chi connectivity index (χ0v) is 35.5. The number of carbonyl (C=O) groups excluding carboxylic acids is 4. The van der Waals surface area contributed by atoms with E-state index in [0.29, 0.717) is 5.82 Å². The summed E-state index contributed by atoms with van der Waals surface area (Å²) in [5.41, 5.74) is 6.25. The number of carbonyl (C=O) groups is 4. The van der Waals surface area contributed by atoms with E-state index in [1.54, 1.807) is 6.20 Å². The van der Waals surface area contributed by atoms with Gasteiger partial charge in [-0.2, -0.15) is 0 Å². The highest BCUT2D eigenvalue weighted by molar-refractivity contribution is 5.88. The van der Waals surface area contributed by atoms with Crippen LogP contribution in [0.15, 0.2) is 67.0 Å². The van der Waals surface area contributed by atoms with E-state index in [-0.39, 0.29) is 47.8 Å². The molecule has 316 valence electrons. The molecule has 7 rings (SSSR count). The molecule has 0 saturated carbocycles. The van der Waals surface area contributed by atoms with Crippen LogP contribution in [-0.4, -0.2) is 97.1 Å². The molecule has 5 heterocycles. The number of rotatable bonds is 11. The Morgan fingerprint density at radius 3 is 1.65 bits per heavy atom. The molecule has 0 bridgehead atoms. The highest BCUT2D eigenvalue weighted by Crippen LogP contribution is 2.38. The van der Waals surface area contributed by atoms with Crippen molar-refractivity contribution < 1.29 is 28.7 Å². The van der Waals surface area contributed by atoms with Gasteiger partial charge in [-0.25, -0.2) is 24.5 Å². The summed E-state index contributed by atoms with van der Waals surface area (Å²) >= 11 is 0. The monoisotopic (exact) mass is 817 g/mol. The number of imidazole rings is 2. The molecular formula is C45H55N9O6. The van der Waals surface area contributed by atoms with Gasteiger partial charge in [0.15, 0.2) is 0 Å². The molecule has 2 aliphatic heterocycles. The molecule has 4 N–H and O–H groups in total. The minimum absolute atomic E-state index is 0.00315. The Hall–Kier alpha value is -6.25. The summed E-state index contributed by atoms with van der Waals surface area (Å²) in [4.78, 5) is 76.6. The van der Waals surface area contributed by atoms with Crippen LogP contribution in [0.5, 0.6) is 0 Å². The number of likely N-dealkylation sites (tertiary alicyclic amines) is 2. The van der Waals surface area contributed by atoms with Crippen molar-refractivity contribution in [2.75, 3.05) is 14.2 Å². The molecule has 2 aromatic carbocycles. The lowest BCUT2D eigenvalue weighted by Crippen LogP contribution is -2.52. The molecule has 5 aromatic rings. The highest BCUT2D eigenvalue weighted by Gasteiger charge is 2.42. The standard InChI is InChI=1S/C45H55N9O6/c1-24(2)38(51-44(57)59-7)42(55)53-26(5)9-19-36(53)40-46-22-34(49-40)29-13-11-28(12-14-29)30-15-17-32-31(21-30)16-18-33(48-32)35-23-47-41(50-35)37-20-10-27(6)54(37)43(56)39(25(3)4)52-45(58)60-8/h11-18,21-27,36-39H,9-10,19-20H2,1-8H3,(H,46,49)(H,47,50)(H,51,57)(H,52,58)/t26-,27-,36?,37-,38-,39-/m0/s1. The van der Waals surface area contributed by atoms with Crippen LogP contribution in [0.4, 0.5) is 9.59 Å². The van der Waals surface area contributed by atoms with Crippen LogP contribution < -0.4 is 10.6 Å². The number of H-pyrrole nitrogens is 2. The molecule has 2 fully saturated rings. The highest BCUT2D eigenvalue weighted by atomic mass is 16.5. The number of nitrogens with one attached hydrogen (secondary N) is 4. The lowest BCUT2D eigenvalue weighted by Gasteiger charge is -2.32. The van der Waals surface area contributed by atoms with Crippen molar-refractivity contribution in [2.45, 2.75) is 103 Å². The number of aromatic nitrogens is 5. The van der Waals surface area contributed by atoms with Gasteiger partial charge in [0.1, 0.15) is 23.7 Å². The minimum Gasteiger partial charge on any atom is -0.453 e. The minimum atomic E-state index is -0.717. The number of benzene rings is 2. The first-order valence-electron chi connectivity index (χ1n) is 20.7. The van der Waals surface area contributed by atoms with Crippen LogP contribution in [0.1, 0.15) is 91.0 Å². The molecule has 0 spiro atoms. The van der Waals surface area contributed by atoms with Gasteiger partial charge in [-0.1, -0.05) is 64.1 Å². The summed E-state index contributed by atoms with van der Waals surface area (Å²) < 4.78 is 9.58. The maximum atomic E-state index is 13.8. The van der Waals surface area contributed by atoms with E-state index >= 15 is 0 Å². The topological polar surface area (TPSA) is 188 Å². The molecule has 4 amide bonds. The maximum absolute atomic E-state index is 13.8. The van der Waals surface area contributed by atoms with Gasteiger partial charge in [-0.3, -0.25) is 9.59 Å². The molecule has 0 aliphatic carbocycles. The van der Waals surface area contributed by atoms with E-state index in [4.69, 9.17) is 24.4 Å². The van der Waals surface area contributed by atoms with Crippen LogP contribution in [0.2, 0.25) is 0 Å². The average Bonchev–Trinajstić information content (AvgIpc) is 4.08. The first-order chi connectivity index (χ1) is 28.8. The fourth-order valence-corrected chi connectivity index (χ4v) is 8.55. The van der Waals surface area contributed by atoms with Crippen LogP contribution in [0.3, 0.4) is 0 Å². The number of amides is 4. The summed E-state index contributed by atoms with van der Waals surface area (Å²) in [7, 11) is 2.58.